The molecule has 0 radical (unpaired) electrons. The lowest BCUT2D eigenvalue weighted by atomic mass is 9.68. The van der Waals surface area contributed by atoms with Gasteiger partial charge < -0.3 is 10.3 Å². The zero-order valence-electron chi connectivity index (χ0n) is 12.1. The Balaban J connectivity index is 2.02. The van der Waals surface area contributed by atoms with Crippen molar-refractivity contribution >= 4 is 0 Å². The van der Waals surface area contributed by atoms with Gasteiger partial charge in [0.05, 0.1) is 0 Å². The van der Waals surface area contributed by atoms with Gasteiger partial charge in [0.1, 0.15) is 5.82 Å². The highest BCUT2D eigenvalue weighted by Crippen LogP contribution is 2.40. The van der Waals surface area contributed by atoms with Crippen LogP contribution in [-0.4, -0.2) is 15.1 Å². The van der Waals surface area contributed by atoms with E-state index in [2.05, 4.69) is 36.5 Å². The van der Waals surface area contributed by atoms with Crippen molar-refractivity contribution in [2.45, 2.75) is 71.4 Å². The van der Waals surface area contributed by atoms with Gasteiger partial charge >= 0.3 is 0 Å². The average Bonchev–Trinajstić information content (AvgIpc) is 2.72. The summed E-state index contributed by atoms with van der Waals surface area (Å²) in [7, 11) is 0. The van der Waals surface area contributed by atoms with Gasteiger partial charge in [0.2, 0.25) is 0 Å². The second-order valence-electron chi connectivity index (χ2n) is 6.74. The second kappa shape index (κ2) is 5.04. The molecule has 1 aromatic rings. The average molecular weight is 249 g/mol. The number of rotatable bonds is 4. The molecule has 2 rings (SSSR count). The Morgan fingerprint density at radius 1 is 1.28 bits per heavy atom. The van der Waals surface area contributed by atoms with Crippen molar-refractivity contribution in [1.82, 2.24) is 9.55 Å². The Morgan fingerprint density at radius 2 is 1.94 bits per heavy atom. The van der Waals surface area contributed by atoms with Crippen molar-refractivity contribution in [3.63, 3.8) is 0 Å². The summed E-state index contributed by atoms with van der Waals surface area (Å²) >= 11 is 0. The van der Waals surface area contributed by atoms with Gasteiger partial charge in [-0.1, -0.05) is 20.8 Å². The molecule has 0 aliphatic heterocycles. The van der Waals surface area contributed by atoms with E-state index >= 15 is 0 Å². The van der Waals surface area contributed by atoms with Crippen molar-refractivity contribution < 1.29 is 0 Å². The Bertz CT molecular complexity index is 382. The molecule has 1 heterocycles. The van der Waals surface area contributed by atoms with Gasteiger partial charge in [0, 0.05) is 30.9 Å². The molecule has 0 amide bonds. The fourth-order valence-corrected chi connectivity index (χ4v) is 2.87. The lowest BCUT2D eigenvalue weighted by Gasteiger charge is -2.41. The smallest absolute Gasteiger partial charge is 0.110 e. The van der Waals surface area contributed by atoms with Crippen LogP contribution in [0.4, 0.5) is 0 Å². The van der Waals surface area contributed by atoms with E-state index in [4.69, 9.17) is 5.73 Å². The maximum Gasteiger partial charge on any atom is 0.110 e. The largest absolute Gasteiger partial charge is 0.335 e. The predicted octanol–water partition coefficient (Wildman–Crippen LogP) is 3.13. The number of hydrogen-bond donors (Lipinski definition) is 1. The van der Waals surface area contributed by atoms with Crippen LogP contribution >= 0.6 is 0 Å². The van der Waals surface area contributed by atoms with E-state index in [9.17, 15) is 0 Å². The molecule has 1 aliphatic rings. The first-order valence-corrected chi connectivity index (χ1v) is 7.23. The van der Waals surface area contributed by atoms with Gasteiger partial charge in [0.25, 0.3) is 0 Å². The lowest BCUT2D eigenvalue weighted by molar-refractivity contribution is 0.162. The van der Waals surface area contributed by atoms with Crippen molar-refractivity contribution in [3.05, 3.63) is 18.2 Å². The first kappa shape index (κ1) is 13.6. The summed E-state index contributed by atoms with van der Waals surface area (Å²) in [5.74, 6) is 1.17. The minimum Gasteiger partial charge on any atom is -0.335 e. The van der Waals surface area contributed by atoms with Gasteiger partial charge in [-0.15, -0.1) is 0 Å². The fraction of sp³-hybridized carbons (Fsp3) is 0.800. The number of aromatic nitrogens is 2. The highest BCUT2D eigenvalue weighted by Gasteiger charge is 2.36. The lowest BCUT2D eigenvalue weighted by Crippen LogP contribution is -2.47. The summed E-state index contributed by atoms with van der Waals surface area (Å²) in [6.07, 6.45) is 10.8. The number of imidazole rings is 1. The molecule has 3 nitrogen and oxygen atoms in total. The van der Waals surface area contributed by atoms with Gasteiger partial charge in [-0.05, 0) is 37.5 Å². The van der Waals surface area contributed by atoms with Crippen LogP contribution in [0.3, 0.4) is 0 Å². The van der Waals surface area contributed by atoms with E-state index in [1.165, 1.54) is 18.7 Å². The molecule has 0 spiro atoms. The van der Waals surface area contributed by atoms with Crippen LogP contribution in [0.2, 0.25) is 0 Å². The molecule has 1 saturated carbocycles. The first-order chi connectivity index (χ1) is 8.44. The molecule has 102 valence electrons. The third kappa shape index (κ3) is 3.14. The second-order valence-corrected chi connectivity index (χ2v) is 6.74. The SMILES string of the molecule is CCCn1ccnc1CC1(N)CCC(C)(C)CC1. The number of nitrogens with two attached hydrogens (primary N) is 1. The van der Waals surface area contributed by atoms with Crippen molar-refractivity contribution in [2.24, 2.45) is 11.1 Å². The number of hydrogen-bond acceptors (Lipinski definition) is 2. The van der Waals surface area contributed by atoms with Crippen LogP contribution in [0.15, 0.2) is 12.4 Å². The van der Waals surface area contributed by atoms with Crippen molar-refractivity contribution in [1.29, 1.82) is 0 Å². The highest BCUT2D eigenvalue weighted by molar-refractivity contribution is 5.03. The van der Waals surface area contributed by atoms with Gasteiger partial charge in [0.15, 0.2) is 0 Å². The summed E-state index contributed by atoms with van der Waals surface area (Å²) in [6, 6.07) is 0. The molecule has 0 unspecified atom stereocenters. The van der Waals surface area contributed by atoms with Gasteiger partial charge in [-0.25, -0.2) is 4.98 Å². The van der Waals surface area contributed by atoms with Crippen LogP contribution in [0.25, 0.3) is 0 Å². The highest BCUT2D eigenvalue weighted by atomic mass is 15.1. The summed E-state index contributed by atoms with van der Waals surface area (Å²) in [5, 5.41) is 0. The van der Waals surface area contributed by atoms with E-state index in [0.717, 1.165) is 32.2 Å². The third-order valence-corrected chi connectivity index (χ3v) is 4.38. The molecule has 0 atom stereocenters. The molecule has 1 aromatic heterocycles. The minimum atomic E-state index is -0.0354. The summed E-state index contributed by atoms with van der Waals surface area (Å²) in [4.78, 5) is 4.49. The summed E-state index contributed by atoms with van der Waals surface area (Å²) < 4.78 is 2.26. The standard InChI is InChI=1S/C15H27N3/c1-4-10-18-11-9-17-13(18)12-15(16)7-5-14(2,3)6-8-15/h9,11H,4-8,10,12,16H2,1-3H3. The molecule has 0 saturated heterocycles. The molecule has 0 aromatic carbocycles. The monoisotopic (exact) mass is 249 g/mol. The minimum absolute atomic E-state index is 0.0354. The van der Waals surface area contributed by atoms with E-state index < -0.39 is 0 Å². The molecular weight excluding hydrogens is 222 g/mol. The Kier molecular flexibility index (Phi) is 3.81. The molecule has 0 bridgehead atoms. The van der Waals surface area contributed by atoms with Crippen molar-refractivity contribution in [2.75, 3.05) is 0 Å². The molecular formula is C15H27N3. The van der Waals surface area contributed by atoms with Crippen LogP contribution in [0.5, 0.6) is 0 Å². The van der Waals surface area contributed by atoms with Gasteiger partial charge in [-0.2, -0.15) is 0 Å². The number of aryl methyl sites for hydroxylation is 1. The van der Waals surface area contributed by atoms with Crippen molar-refractivity contribution in [3.8, 4) is 0 Å². The maximum absolute atomic E-state index is 6.58. The Hall–Kier alpha value is -0.830. The van der Waals surface area contributed by atoms with E-state index in [-0.39, 0.29) is 5.54 Å². The molecule has 1 aliphatic carbocycles. The zero-order valence-corrected chi connectivity index (χ0v) is 12.1. The quantitative estimate of drug-likeness (QED) is 0.891. The van der Waals surface area contributed by atoms with Crippen LogP contribution in [-0.2, 0) is 13.0 Å². The van der Waals surface area contributed by atoms with E-state index in [1.807, 2.05) is 6.20 Å². The van der Waals surface area contributed by atoms with E-state index in [0.29, 0.717) is 5.41 Å². The van der Waals surface area contributed by atoms with E-state index in [1.54, 1.807) is 0 Å². The Morgan fingerprint density at radius 3 is 2.56 bits per heavy atom. The van der Waals surface area contributed by atoms with Crippen LogP contribution in [0.1, 0.15) is 58.7 Å². The molecule has 3 heteroatoms. The third-order valence-electron chi connectivity index (χ3n) is 4.38. The predicted molar refractivity (Wildman–Crippen MR) is 75.4 cm³/mol. The zero-order chi connectivity index (χ0) is 13.2. The Labute approximate surface area is 111 Å². The summed E-state index contributed by atoms with van der Waals surface area (Å²) in [5.41, 5.74) is 7.02. The molecule has 18 heavy (non-hydrogen) atoms. The topological polar surface area (TPSA) is 43.8 Å². The van der Waals surface area contributed by atoms with Crippen LogP contribution in [0, 0.1) is 5.41 Å². The van der Waals surface area contributed by atoms with Crippen LogP contribution < -0.4 is 5.73 Å². The fourth-order valence-electron chi connectivity index (χ4n) is 2.87. The summed E-state index contributed by atoms with van der Waals surface area (Å²) in [6.45, 7) is 7.96. The van der Waals surface area contributed by atoms with Gasteiger partial charge in [-0.3, -0.25) is 0 Å². The maximum atomic E-state index is 6.58. The molecule has 2 N–H and O–H groups in total. The number of nitrogens with zero attached hydrogens (tertiary/aromatic N) is 2. The molecule has 1 fully saturated rings. The first-order valence-electron chi connectivity index (χ1n) is 7.23. The normalized spacial score (nSPS) is 22.0.